The van der Waals surface area contributed by atoms with E-state index in [1.165, 1.54) is 21.0 Å². The van der Waals surface area contributed by atoms with Crippen molar-refractivity contribution >= 4 is 11.9 Å². The number of methoxy groups -OCH3 is 1. The van der Waals surface area contributed by atoms with Crippen LogP contribution in [0.5, 0.6) is 0 Å². The van der Waals surface area contributed by atoms with Gasteiger partial charge in [0.25, 0.3) is 0 Å². The summed E-state index contributed by atoms with van der Waals surface area (Å²) < 4.78 is 19.9. The lowest BCUT2D eigenvalue weighted by Gasteiger charge is -2.38. The molecule has 0 bridgehead atoms. The fourth-order valence-electron chi connectivity index (χ4n) is 1.61. The highest BCUT2D eigenvalue weighted by Gasteiger charge is 2.44. The third kappa shape index (κ3) is 3.65. The quantitative estimate of drug-likeness (QED) is 0.654. The minimum absolute atomic E-state index is 0.0490. The van der Waals surface area contributed by atoms with Gasteiger partial charge in [-0.15, -0.1) is 0 Å². The number of aliphatic hydroxyl groups excluding tert-OH is 1. The van der Waals surface area contributed by atoms with E-state index in [4.69, 9.17) is 18.9 Å². The van der Waals surface area contributed by atoms with Crippen LogP contribution in [-0.4, -0.2) is 55.4 Å². The van der Waals surface area contributed by atoms with Crippen molar-refractivity contribution in [2.75, 3.05) is 13.7 Å². The number of esters is 2. The molecule has 1 aliphatic heterocycles. The minimum atomic E-state index is -1.34. The third-order valence-electron chi connectivity index (χ3n) is 2.31. The van der Waals surface area contributed by atoms with Crippen LogP contribution in [0.25, 0.3) is 0 Å². The van der Waals surface area contributed by atoms with Gasteiger partial charge in [-0.1, -0.05) is 0 Å². The fraction of sp³-hybridized carbons (Fsp3) is 0.800. The molecule has 0 aromatic heterocycles. The molecule has 1 aliphatic rings. The summed E-state index contributed by atoms with van der Waals surface area (Å²) in [7, 11) is 1.41. The second-order valence-electron chi connectivity index (χ2n) is 3.65. The van der Waals surface area contributed by atoms with Crippen molar-refractivity contribution in [1.29, 1.82) is 0 Å². The lowest BCUT2D eigenvalue weighted by Crippen LogP contribution is -2.56. The first-order valence-corrected chi connectivity index (χ1v) is 5.12. The molecule has 98 valence electrons. The summed E-state index contributed by atoms with van der Waals surface area (Å²) in [5.41, 5.74) is 0. The van der Waals surface area contributed by atoms with Crippen molar-refractivity contribution in [2.24, 2.45) is 0 Å². The van der Waals surface area contributed by atoms with Gasteiger partial charge in [0.2, 0.25) is 0 Å². The Bertz CT molecular complexity index is 290. The van der Waals surface area contributed by atoms with Crippen LogP contribution in [-0.2, 0) is 28.5 Å². The average Bonchev–Trinajstić information content (AvgIpc) is 2.22. The molecule has 1 saturated heterocycles. The van der Waals surface area contributed by atoms with Crippen molar-refractivity contribution in [2.45, 2.75) is 38.4 Å². The van der Waals surface area contributed by atoms with E-state index in [0.29, 0.717) is 0 Å². The third-order valence-corrected chi connectivity index (χ3v) is 2.31. The predicted octanol–water partition coefficient (Wildman–Crippen LogP) is -0.787. The van der Waals surface area contributed by atoms with E-state index in [0.717, 1.165) is 0 Å². The second-order valence-corrected chi connectivity index (χ2v) is 3.65. The van der Waals surface area contributed by atoms with Gasteiger partial charge in [0, 0.05) is 21.0 Å². The van der Waals surface area contributed by atoms with E-state index in [9.17, 15) is 14.7 Å². The van der Waals surface area contributed by atoms with E-state index in [-0.39, 0.29) is 6.61 Å². The van der Waals surface area contributed by atoms with Crippen molar-refractivity contribution in [1.82, 2.24) is 0 Å². The highest BCUT2D eigenvalue weighted by atomic mass is 16.7. The van der Waals surface area contributed by atoms with Crippen LogP contribution >= 0.6 is 0 Å². The van der Waals surface area contributed by atoms with Gasteiger partial charge in [-0.25, -0.2) is 0 Å². The Balaban J connectivity index is 2.82. The standard InChI is InChI=1S/C10H16O7/c1-5(11)16-8-7(14-3)4-15-10(13)9(8)17-6(2)12/h7-10,13H,4H2,1-3H3. The van der Waals surface area contributed by atoms with Gasteiger partial charge in [0.05, 0.1) is 6.61 Å². The van der Waals surface area contributed by atoms with E-state index < -0.39 is 36.5 Å². The Labute approximate surface area is 98.6 Å². The molecule has 0 saturated carbocycles. The van der Waals surface area contributed by atoms with Crippen molar-refractivity contribution in [3.05, 3.63) is 0 Å². The lowest BCUT2D eigenvalue weighted by atomic mass is 10.0. The van der Waals surface area contributed by atoms with Gasteiger partial charge in [-0.05, 0) is 0 Å². The zero-order chi connectivity index (χ0) is 13.0. The number of hydrogen-bond donors (Lipinski definition) is 1. The van der Waals surface area contributed by atoms with Gasteiger partial charge in [-0.2, -0.15) is 0 Å². The molecule has 4 unspecified atom stereocenters. The Morgan fingerprint density at radius 1 is 1.18 bits per heavy atom. The summed E-state index contributed by atoms with van der Waals surface area (Å²) >= 11 is 0. The minimum Gasteiger partial charge on any atom is -0.455 e. The van der Waals surface area contributed by atoms with Gasteiger partial charge in [0.15, 0.2) is 18.5 Å². The molecule has 0 amide bonds. The number of carbonyl (C=O) groups excluding carboxylic acids is 2. The summed E-state index contributed by atoms with van der Waals surface area (Å²) in [6.45, 7) is 2.46. The Kier molecular flexibility index (Phi) is 4.86. The maximum Gasteiger partial charge on any atom is 0.303 e. The van der Waals surface area contributed by atoms with Gasteiger partial charge < -0.3 is 24.1 Å². The fourth-order valence-corrected chi connectivity index (χ4v) is 1.61. The predicted molar refractivity (Wildman–Crippen MR) is 53.9 cm³/mol. The molecule has 7 heteroatoms. The first-order valence-electron chi connectivity index (χ1n) is 5.12. The first kappa shape index (κ1) is 13.9. The topological polar surface area (TPSA) is 91.3 Å². The van der Waals surface area contributed by atoms with Crippen LogP contribution in [0.15, 0.2) is 0 Å². The molecular formula is C10H16O7. The van der Waals surface area contributed by atoms with Gasteiger partial charge >= 0.3 is 11.9 Å². The summed E-state index contributed by atoms with van der Waals surface area (Å²) in [5, 5.41) is 9.57. The van der Waals surface area contributed by atoms with Crippen molar-refractivity contribution in [3.8, 4) is 0 Å². The molecule has 1 heterocycles. The van der Waals surface area contributed by atoms with Crippen LogP contribution < -0.4 is 0 Å². The Hall–Kier alpha value is -1.18. The summed E-state index contributed by atoms with van der Waals surface area (Å²) in [6.07, 6.45) is -3.90. The molecule has 0 radical (unpaired) electrons. The van der Waals surface area contributed by atoms with Crippen molar-refractivity contribution < 1.29 is 33.6 Å². The second kappa shape index (κ2) is 5.95. The van der Waals surface area contributed by atoms with Crippen LogP contribution in [0.4, 0.5) is 0 Å². The molecule has 0 aliphatic carbocycles. The Morgan fingerprint density at radius 3 is 2.18 bits per heavy atom. The summed E-state index contributed by atoms with van der Waals surface area (Å²) in [5.74, 6) is -1.16. The molecule has 4 atom stereocenters. The van der Waals surface area contributed by atoms with Crippen LogP contribution in [0.2, 0.25) is 0 Å². The maximum absolute atomic E-state index is 11.0. The first-order chi connectivity index (χ1) is 7.95. The zero-order valence-electron chi connectivity index (χ0n) is 9.91. The molecule has 1 rings (SSSR count). The number of hydrogen-bond acceptors (Lipinski definition) is 7. The van der Waals surface area contributed by atoms with Crippen molar-refractivity contribution in [3.63, 3.8) is 0 Å². The van der Waals surface area contributed by atoms with Crippen LogP contribution in [0, 0.1) is 0 Å². The molecular weight excluding hydrogens is 232 g/mol. The SMILES string of the molecule is COC1COC(O)C(OC(C)=O)C1OC(C)=O. The number of carbonyl (C=O) groups is 2. The molecule has 1 fully saturated rings. The van der Waals surface area contributed by atoms with E-state index in [1.54, 1.807) is 0 Å². The van der Waals surface area contributed by atoms with E-state index in [2.05, 4.69) is 0 Å². The monoisotopic (exact) mass is 248 g/mol. The molecule has 17 heavy (non-hydrogen) atoms. The zero-order valence-corrected chi connectivity index (χ0v) is 9.91. The lowest BCUT2D eigenvalue weighted by molar-refractivity contribution is -0.267. The molecule has 0 aromatic carbocycles. The average molecular weight is 248 g/mol. The maximum atomic E-state index is 11.0. The van der Waals surface area contributed by atoms with E-state index in [1.807, 2.05) is 0 Å². The molecule has 0 aromatic rings. The largest absolute Gasteiger partial charge is 0.455 e. The highest BCUT2D eigenvalue weighted by molar-refractivity contribution is 5.67. The van der Waals surface area contributed by atoms with Crippen LogP contribution in [0.1, 0.15) is 13.8 Å². The van der Waals surface area contributed by atoms with E-state index >= 15 is 0 Å². The highest BCUT2D eigenvalue weighted by Crippen LogP contribution is 2.22. The molecule has 7 nitrogen and oxygen atoms in total. The van der Waals surface area contributed by atoms with Crippen LogP contribution in [0.3, 0.4) is 0 Å². The number of rotatable bonds is 3. The normalized spacial score (nSPS) is 32.9. The number of aliphatic hydroxyl groups is 1. The summed E-state index contributed by atoms with van der Waals surface area (Å²) in [6, 6.07) is 0. The van der Waals surface area contributed by atoms with Gasteiger partial charge in [-0.3, -0.25) is 9.59 Å². The van der Waals surface area contributed by atoms with Gasteiger partial charge in [0.1, 0.15) is 6.10 Å². The Morgan fingerprint density at radius 2 is 1.71 bits per heavy atom. The smallest absolute Gasteiger partial charge is 0.303 e. The number of ether oxygens (including phenoxy) is 4. The molecule has 0 spiro atoms. The summed E-state index contributed by atoms with van der Waals surface area (Å²) in [4.78, 5) is 21.9. The molecule has 1 N–H and O–H groups in total.